The third-order valence-electron chi connectivity index (χ3n) is 4.06. The minimum Gasteiger partial charge on any atom is -0.456 e. The molecule has 112 valence electrons. The highest BCUT2D eigenvalue weighted by atomic mass is 16.8. The van der Waals surface area contributed by atoms with Crippen molar-refractivity contribution in [3.05, 3.63) is 0 Å². The Morgan fingerprint density at radius 3 is 2.65 bits per heavy atom. The first-order valence-electron chi connectivity index (χ1n) is 7.05. The first-order valence-corrected chi connectivity index (χ1v) is 7.05. The molecule has 0 N–H and O–H groups in total. The number of rotatable bonds is 2. The summed E-state index contributed by atoms with van der Waals surface area (Å²) in [5.41, 5.74) is 0. The van der Waals surface area contributed by atoms with E-state index in [9.17, 15) is 9.59 Å². The third kappa shape index (κ3) is 2.11. The van der Waals surface area contributed by atoms with E-state index < -0.39 is 17.9 Å². The van der Waals surface area contributed by atoms with Crippen LogP contribution in [0, 0.1) is 11.8 Å². The lowest BCUT2D eigenvalue weighted by molar-refractivity contribution is -0.169. The zero-order valence-corrected chi connectivity index (χ0v) is 12.1. The van der Waals surface area contributed by atoms with Gasteiger partial charge in [0.1, 0.15) is 12.2 Å². The number of carbonyl (C=O) groups is 2. The molecule has 2 saturated heterocycles. The lowest BCUT2D eigenvalue weighted by Crippen LogP contribution is -2.33. The summed E-state index contributed by atoms with van der Waals surface area (Å²) >= 11 is 0. The van der Waals surface area contributed by atoms with Crippen molar-refractivity contribution in [1.29, 1.82) is 0 Å². The summed E-state index contributed by atoms with van der Waals surface area (Å²) in [5, 5.41) is 0. The third-order valence-corrected chi connectivity index (χ3v) is 4.06. The fourth-order valence-corrected chi connectivity index (χ4v) is 3.19. The van der Waals surface area contributed by atoms with Crippen molar-refractivity contribution < 1.29 is 28.5 Å². The van der Waals surface area contributed by atoms with E-state index in [2.05, 4.69) is 0 Å². The van der Waals surface area contributed by atoms with Crippen molar-refractivity contribution >= 4 is 11.9 Å². The fraction of sp³-hybridized carbons (Fsp3) is 0.857. The molecule has 2 aliphatic heterocycles. The second-order valence-electron chi connectivity index (χ2n) is 6.45. The Bertz CT molecular complexity index is 443. The van der Waals surface area contributed by atoms with Gasteiger partial charge in [0, 0.05) is 5.92 Å². The van der Waals surface area contributed by atoms with Gasteiger partial charge in [-0.3, -0.25) is 4.79 Å². The molecule has 3 rings (SSSR count). The predicted molar refractivity (Wildman–Crippen MR) is 66.5 cm³/mol. The van der Waals surface area contributed by atoms with Crippen LogP contribution in [0.1, 0.15) is 34.1 Å². The quantitative estimate of drug-likeness (QED) is 0.705. The summed E-state index contributed by atoms with van der Waals surface area (Å²) in [5.74, 6) is -1.95. The molecule has 0 radical (unpaired) electrons. The Kier molecular flexibility index (Phi) is 3.06. The molecule has 1 aliphatic carbocycles. The summed E-state index contributed by atoms with van der Waals surface area (Å²) in [4.78, 5) is 23.6. The number of esters is 2. The van der Waals surface area contributed by atoms with E-state index in [1.54, 1.807) is 13.8 Å². The van der Waals surface area contributed by atoms with Gasteiger partial charge in [-0.05, 0) is 20.3 Å². The van der Waals surface area contributed by atoms with E-state index in [-0.39, 0.29) is 36.1 Å². The Balaban J connectivity index is 1.73. The maximum Gasteiger partial charge on any atom is 0.348 e. The van der Waals surface area contributed by atoms with Gasteiger partial charge >= 0.3 is 11.9 Å². The number of carbonyl (C=O) groups excluding carboxylic acids is 2. The summed E-state index contributed by atoms with van der Waals surface area (Å²) in [7, 11) is 0. The number of fused-ring (bicyclic) bond motifs is 3. The number of hydrogen-bond donors (Lipinski definition) is 0. The van der Waals surface area contributed by atoms with Gasteiger partial charge in [-0.2, -0.15) is 0 Å². The molecule has 3 fully saturated rings. The molecule has 5 atom stereocenters. The van der Waals surface area contributed by atoms with Gasteiger partial charge in [0.25, 0.3) is 0 Å². The van der Waals surface area contributed by atoms with E-state index >= 15 is 0 Å². The molecule has 2 heterocycles. The number of hydrogen-bond acceptors (Lipinski definition) is 6. The van der Waals surface area contributed by atoms with Gasteiger partial charge in [0.15, 0.2) is 5.79 Å². The Labute approximate surface area is 117 Å². The molecule has 0 aromatic carbocycles. The van der Waals surface area contributed by atoms with E-state index in [1.807, 2.05) is 13.8 Å². The monoisotopic (exact) mass is 284 g/mol. The van der Waals surface area contributed by atoms with Crippen molar-refractivity contribution in [2.45, 2.75) is 64.3 Å². The van der Waals surface area contributed by atoms with Gasteiger partial charge in [0.05, 0.1) is 12.0 Å². The summed E-state index contributed by atoms with van der Waals surface area (Å²) in [6.07, 6.45) is -0.953. The first kappa shape index (κ1) is 13.8. The highest BCUT2D eigenvalue weighted by Crippen LogP contribution is 2.47. The van der Waals surface area contributed by atoms with Crippen molar-refractivity contribution in [1.82, 2.24) is 0 Å². The second-order valence-corrected chi connectivity index (χ2v) is 6.45. The molecule has 0 aromatic heterocycles. The Morgan fingerprint density at radius 1 is 1.30 bits per heavy atom. The maximum atomic E-state index is 11.9. The smallest absolute Gasteiger partial charge is 0.348 e. The van der Waals surface area contributed by atoms with Crippen LogP contribution < -0.4 is 0 Å². The summed E-state index contributed by atoms with van der Waals surface area (Å²) < 4.78 is 22.2. The highest BCUT2D eigenvalue weighted by molar-refractivity contribution is 5.82. The van der Waals surface area contributed by atoms with Crippen LogP contribution in [0.15, 0.2) is 0 Å². The molecule has 1 saturated carbocycles. The molecule has 20 heavy (non-hydrogen) atoms. The fourth-order valence-electron chi connectivity index (χ4n) is 3.19. The Hall–Kier alpha value is -1.14. The van der Waals surface area contributed by atoms with Crippen molar-refractivity contribution in [3.63, 3.8) is 0 Å². The summed E-state index contributed by atoms with van der Waals surface area (Å²) in [6.45, 7) is 7.15. The Morgan fingerprint density at radius 2 is 2.00 bits per heavy atom. The molecular formula is C14H20O6. The topological polar surface area (TPSA) is 71.1 Å². The molecule has 3 aliphatic rings. The SMILES string of the molecule is CC(C)C(=O)OC1C(=O)OC2C1CC1OC(C)(C)OC12. The van der Waals surface area contributed by atoms with Crippen LogP contribution in [0.2, 0.25) is 0 Å². The van der Waals surface area contributed by atoms with Crippen molar-refractivity contribution in [3.8, 4) is 0 Å². The molecule has 0 aromatic rings. The van der Waals surface area contributed by atoms with Gasteiger partial charge in [-0.1, -0.05) is 13.8 Å². The molecule has 5 unspecified atom stereocenters. The molecular weight excluding hydrogens is 264 g/mol. The largest absolute Gasteiger partial charge is 0.456 e. The maximum absolute atomic E-state index is 11.9. The van der Waals surface area contributed by atoms with E-state index in [0.717, 1.165) is 0 Å². The standard InChI is InChI=1S/C14H20O6/c1-6(2)12(15)18-10-7-5-8-11(9(7)17-13(10)16)20-14(3,4)19-8/h6-11H,5H2,1-4H3. The molecule has 0 amide bonds. The van der Waals surface area contributed by atoms with Crippen LogP contribution in [0.25, 0.3) is 0 Å². The first-order chi connectivity index (χ1) is 9.28. The summed E-state index contributed by atoms with van der Waals surface area (Å²) in [6, 6.07) is 0. The second kappa shape index (κ2) is 4.43. The van der Waals surface area contributed by atoms with Crippen LogP contribution in [0.4, 0.5) is 0 Å². The van der Waals surface area contributed by atoms with Crippen LogP contribution in [0.5, 0.6) is 0 Å². The minimum absolute atomic E-state index is 0.103. The minimum atomic E-state index is -0.823. The van der Waals surface area contributed by atoms with Crippen molar-refractivity contribution in [2.75, 3.05) is 0 Å². The van der Waals surface area contributed by atoms with E-state index in [4.69, 9.17) is 18.9 Å². The van der Waals surface area contributed by atoms with Gasteiger partial charge in [-0.15, -0.1) is 0 Å². The molecule has 6 heteroatoms. The average Bonchev–Trinajstić information content (AvgIpc) is 2.88. The van der Waals surface area contributed by atoms with Gasteiger partial charge in [-0.25, -0.2) is 4.79 Å². The highest BCUT2D eigenvalue weighted by Gasteiger charge is 2.62. The zero-order chi connectivity index (χ0) is 14.7. The number of ether oxygens (including phenoxy) is 4. The lowest BCUT2D eigenvalue weighted by Gasteiger charge is -2.22. The van der Waals surface area contributed by atoms with Crippen LogP contribution in [0.3, 0.4) is 0 Å². The zero-order valence-electron chi connectivity index (χ0n) is 12.1. The lowest BCUT2D eigenvalue weighted by atomic mass is 10.0. The normalized spacial score (nSPS) is 41.5. The average molecular weight is 284 g/mol. The van der Waals surface area contributed by atoms with Crippen LogP contribution in [-0.2, 0) is 28.5 Å². The van der Waals surface area contributed by atoms with Gasteiger partial charge in [0.2, 0.25) is 6.10 Å². The van der Waals surface area contributed by atoms with Gasteiger partial charge < -0.3 is 18.9 Å². The van der Waals surface area contributed by atoms with Crippen molar-refractivity contribution in [2.24, 2.45) is 11.8 Å². The molecule has 6 nitrogen and oxygen atoms in total. The molecule has 0 spiro atoms. The van der Waals surface area contributed by atoms with Crippen LogP contribution in [-0.4, -0.2) is 42.1 Å². The van der Waals surface area contributed by atoms with E-state index in [0.29, 0.717) is 6.42 Å². The van der Waals surface area contributed by atoms with Crippen LogP contribution >= 0.6 is 0 Å². The van der Waals surface area contributed by atoms with E-state index in [1.165, 1.54) is 0 Å². The molecule has 0 bridgehead atoms. The predicted octanol–water partition coefficient (Wildman–Crippen LogP) is 1.02.